The number of carbonyl (C=O) groups is 1. The molecule has 132 valence electrons. The third kappa shape index (κ3) is 4.10. The van der Waals surface area contributed by atoms with E-state index in [1.807, 2.05) is 17.0 Å². The van der Waals surface area contributed by atoms with Crippen LogP contribution in [-0.4, -0.2) is 44.1 Å². The van der Waals surface area contributed by atoms with Crippen LogP contribution in [0.3, 0.4) is 0 Å². The van der Waals surface area contributed by atoms with Crippen molar-refractivity contribution in [1.29, 1.82) is 0 Å². The Morgan fingerprint density at radius 3 is 2.40 bits per heavy atom. The van der Waals surface area contributed by atoms with Gasteiger partial charge in [0, 0.05) is 26.2 Å². The molecular weight excluding hydrogens is 319 g/mol. The summed E-state index contributed by atoms with van der Waals surface area (Å²) >= 11 is 0. The summed E-state index contributed by atoms with van der Waals surface area (Å²) < 4.78 is 18.4. The molecule has 0 bridgehead atoms. The molecule has 0 spiro atoms. The molecule has 25 heavy (non-hydrogen) atoms. The number of carbonyl (C=O) groups excluding carboxylic acids is 1. The Morgan fingerprint density at radius 2 is 1.76 bits per heavy atom. The van der Waals surface area contributed by atoms with Crippen molar-refractivity contribution in [1.82, 2.24) is 4.90 Å². The van der Waals surface area contributed by atoms with Gasteiger partial charge in [-0.3, -0.25) is 4.79 Å². The van der Waals surface area contributed by atoms with Crippen LogP contribution < -0.4 is 9.64 Å². The summed E-state index contributed by atoms with van der Waals surface area (Å²) in [4.78, 5) is 16.6. The van der Waals surface area contributed by atoms with Gasteiger partial charge >= 0.3 is 0 Å². The second-order valence-corrected chi connectivity index (χ2v) is 6.35. The number of halogens is 1. The zero-order valence-electron chi connectivity index (χ0n) is 14.7. The molecule has 0 N–H and O–H groups in total. The number of amides is 1. The minimum atomic E-state index is -0.281. The molecule has 1 heterocycles. The van der Waals surface area contributed by atoms with Crippen LogP contribution in [0.4, 0.5) is 10.1 Å². The van der Waals surface area contributed by atoms with E-state index in [2.05, 4.69) is 17.9 Å². The van der Waals surface area contributed by atoms with Crippen LogP contribution in [0, 0.1) is 12.7 Å². The summed E-state index contributed by atoms with van der Waals surface area (Å²) in [6.07, 6.45) is 0.314. The number of nitrogens with zero attached hydrogens (tertiary/aromatic N) is 2. The highest BCUT2D eigenvalue weighted by Crippen LogP contribution is 2.30. The monoisotopic (exact) mass is 342 g/mol. The van der Waals surface area contributed by atoms with Gasteiger partial charge in [0.1, 0.15) is 11.6 Å². The van der Waals surface area contributed by atoms with Crippen LogP contribution in [-0.2, 0) is 11.2 Å². The standard InChI is InChI=1S/C20H23FN2O2/c1-15-3-8-19(25-2)18(13-15)22-9-11-23(12-10-22)20(24)14-16-4-6-17(21)7-5-16/h3-8,13H,9-12,14H2,1-2H3. The van der Waals surface area contributed by atoms with Gasteiger partial charge in [-0.05, 0) is 42.3 Å². The van der Waals surface area contributed by atoms with Gasteiger partial charge in [-0.25, -0.2) is 4.39 Å². The molecule has 0 saturated carbocycles. The highest BCUT2D eigenvalue weighted by Gasteiger charge is 2.23. The van der Waals surface area contributed by atoms with Gasteiger partial charge in [-0.2, -0.15) is 0 Å². The second kappa shape index (κ2) is 7.55. The summed E-state index contributed by atoms with van der Waals surface area (Å²) in [5.41, 5.74) is 3.10. The van der Waals surface area contributed by atoms with Crippen LogP contribution in [0.15, 0.2) is 42.5 Å². The molecule has 0 unspecified atom stereocenters. The summed E-state index contributed by atoms with van der Waals surface area (Å²) in [6, 6.07) is 12.3. The number of benzene rings is 2. The average Bonchev–Trinajstić information content (AvgIpc) is 2.63. The first-order valence-corrected chi connectivity index (χ1v) is 8.48. The van der Waals surface area contributed by atoms with E-state index in [1.165, 1.54) is 17.7 Å². The van der Waals surface area contributed by atoms with E-state index in [9.17, 15) is 9.18 Å². The van der Waals surface area contributed by atoms with Crippen molar-refractivity contribution < 1.29 is 13.9 Å². The Morgan fingerprint density at radius 1 is 1.08 bits per heavy atom. The normalized spacial score (nSPS) is 14.5. The fourth-order valence-electron chi connectivity index (χ4n) is 3.13. The van der Waals surface area contributed by atoms with Crippen molar-refractivity contribution in [2.45, 2.75) is 13.3 Å². The summed E-state index contributed by atoms with van der Waals surface area (Å²) in [5, 5.41) is 0. The summed E-state index contributed by atoms with van der Waals surface area (Å²) in [5.74, 6) is 0.663. The molecule has 1 aliphatic rings. The molecule has 0 aromatic heterocycles. The maximum atomic E-state index is 13.0. The molecule has 1 fully saturated rings. The van der Waals surface area contributed by atoms with Crippen molar-refractivity contribution in [3.8, 4) is 5.75 Å². The van der Waals surface area contributed by atoms with Crippen molar-refractivity contribution in [3.05, 3.63) is 59.4 Å². The van der Waals surface area contributed by atoms with Gasteiger partial charge in [-0.15, -0.1) is 0 Å². The fraction of sp³-hybridized carbons (Fsp3) is 0.350. The summed E-state index contributed by atoms with van der Waals surface area (Å²) in [7, 11) is 1.68. The average molecular weight is 342 g/mol. The molecule has 1 aliphatic heterocycles. The van der Waals surface area contributed by atoms with Gasteiger partial charge in [0.2, 0.25) is 5.91 Å². The van der Waals surface area contributed by atoms with Crippen LogP contribution in [0.25, 0.3) is 0 Å². The number of rotatable bonds is 4. The van der Waals surface area contributed by atoms with Gasteiger partial charge in [0.05, 0.1) is 19.2 Å². The SMILES string of the molecule is COc1ccc(C)cc1N1CCN(C(=O)Cc2ccc(F)cc2)CC1. The Bertz CT molecular complexity index is 738. The first kappa shape index (κ1) is 17.3. The number of aryl methyl sites for hydroxylation is 1. The van der Waals surface area contributed by atoms with Crippen LogP contribution in [0.2, 0.25) is 0 Å². The molecule has 0 aliphatic carbocycles. The Hall–Kier alpha value is -2.56. The highest BCUT2D eigenvalue weighted by molar-refractivity contribution is 5.79. The lowest BCUT2D eigenvalue weighted by molar-refractivity contribution is -0.130. The molecule has 1 saturated heterocycles. The maximum Gasteiger partial charge on any atom is 0.227 e. The number of ether oxygens (including phenoxy) is 1. The van der Waals surface area contributed by atoms with Crippen LogP contribution in [0.1, 0.15) is 11.1 Å². The molecule has 2 aromatic carbocycles. The third-order valence-corrected chi connectivity index (χ3v) is 4.58. The topological polar surface area (TPSA) is 32.8 Å². The molecule has 1 amide bonds. The Balaban J connectivity index is 1.61. The Labute approximate surface area is 147 Å². The fourth-order valence-corrected chi connectivity index (χ4v) is 3.13. The first-order chi connectivity index (χ1) is 12.1. The summed E-state index contributed by atoms with van der Waals surface area (Å²) in [6.45, 7) is 4.96. The molecule has 0 atom stereocenters. The number of methoxy groups -OCH3 is 1. The number of hydrogen-bond acceptors (Lipinski definition) is 3. The van der Waals surface area contributed by atoms with Gasteiger partial charge in [-0.1, -0.05) is 18.2 Å². The predicted octanol–water partition coefficient (Wildman–Crippen LogP) is 3.03. The number of hydrogen-bond donors (Lipinski definition) is 0. The quantitative estimate of drug-likeness (QED) is 0.856. The third-order valence-electron chi connectivity index (χ3n) is 4.58. The van der Waals surface area contributed by atoms with Crippen LogP contribution >= 0.6 is 0 Å². The first-order valence-electron chi connectivity index (χ1n) is 8.48. The van der Waals surface area contributed by atoms with E-state index >= 15 is 0 Å². The minimum absolute atomic E-state index is 0.0856. The Kier molecular flexibility index (Phi) is 5.22. The lowest BCUT2D eigenvalue weighted by atomic mass is 10.1. The van der Waals surface area contributed by atoms with Gasteiger partial charge in [0.25, 0.3) is 0 Å². The van der Waals surface area contributed by atoms with Gasteiger partial charge < -0.3 is 14.5 Å². The zero-order valence-corrected chi connectivity index (χ0v) is 14.7. The van der Waals surface area contributed by atoms with Crippen molar-refractivity contribution in [2.75, 3.05) is 38.2 Å². The lowest BCUT2D eigenvalue weighted by Gasteiger charge is -2.36. The largest absolute Gasteiger partial charge is 0.495 e. The van der Waals surface area contributed by atoms with Crippen molar-refractivity contribution in [3.63, 3.8) is 0 Å². The van der Waals surface area contributed by atoms with Crippen LogP contribution in [0.5, 0.6) is 5.75 Å². The highest BCUT2D eigenvalue weighted by atomic mass is 19.1. The maximum absolute atomic E-state index is 13.0. The molecule has 4 nitrogen and oxygen atoms in total. The van der Waals surface area contributed by atoms with E-state index < -0.39 is 0 Å². The smallest absolute Gasteiger partial charge is 0.227 e. The van der Waals surface area contributed by atoms with E-state index in [1.54, 1.807) is 19.2 Å². The molecule has 3 rings (SSSR count). The number of anilines is 1. The zero-order chi connectivity index (χ0) is 17.8. The van der Waals surface area contributed by atoms with Crippen molar-refractivity contribution in [2.24, 2.45) is 0 Å². The van der Waals surface area contributed by atoms with Crippen molar-refractivity contribution >= 4 is 11.6 Å². The molecular formula is C20H23FN2O2. The predicted molar refractivity (Wildman–Crippen MR) is 96.6 cm³/mol. The van der Waals surface area contributed by atoms with E-state index in [0.717, 1.165) is 30.1 Å². The van der Waals surface area contributed by atoms with E-state index in [-0.39, 0.29) is 11.7 Å². The lowest BCUT2D eigenvalue weighted by Crippen LogP contribution is -2.49. The van der Waals surface area contributed by atoms with E-state index in [0.29, 0.717) is 19.5 Å². The molecule has 5 heteroatoms. The van der Waals surface area contributed by atoms with Gasteiger partial charge in [0.15, 0.2) is 0 Å². The molecule has 0 radical (unpaired) electrons. The minimum Gasteiger partial charge on any atom is -0.495 e. The van der Waals surface area contributed by atoms with E-state index in [4.69, 9.17) is 4.74 Å². The number of piperazine rings is 1. The molecule has 2 aromatic rings. The second-order valence-electron chi connectivity index (χ2n) is 6.35.